The molecule has 0 aliphatic rings. The van der Waals surface area contributed by atoms with E-state index in [1.165, 1.54) is 23.5 Å². The van der Waals surface area contributed by atoms with Crippen molar-refractivity contribution in [3.05, 3.63) is 71.0 Å². The van der Waals surface area contributed by atoms with Gasteiger partial charge < -0.3 is 9.64 Å². The number of thiazole rings is 1. The minimum absolute atomic E-state index is 0.122. The first-order valence-corrected chi connectivity index (χ1v) is 9.53. The van der Waals surface area contributed by atoms with Crippen LogP contribution in [0, 0.1) is 5.82 Å². The number of benzene rings is 2. The number of carbonyl (C=O) groups excluding carboxylic acids is 1. The zero-order valence-electron chi connectivity index (χ0n) is 15.5. The van der Waals surface area contributed by atoms with E-state index in [0.29, 0.717) is 12.2 Å². The summed E-state index contributed by atoms with van der Waals surface area (Å²) in [6, 6.07) is 13.8. The average molecular weight is 384 g/mol. The van der Waals surface area contributed by atoms with Gasteiger partial charge >= 0.3 is 0 Å². The summed E-state index contributed by atoms with van der Waals surface area (Å²) in [5.74, 6) is 0.351. The number of amides is 1. The maximum Gasteiger partial charge on any atom is 0.273 e. The molecule has 0 radical (unpaired) electrons. The molecule has 0 N–H and O–H groups in total. The predicted molar refractivity (Wildman–Crippen MR) is 106 cm³/mol. The number of nitrogens with zero attached hydrogens (tertiary/aromatic N) is 2. The van der Waals surface area contributed by atoms with E-state index in [0.717, 1.165) is 21.9 Å². The highest BCUT2D eigenvalue weighted by molar-refractivity contribution is 7.13. The van der Waals surface area contributed by atoms with Crippen molar-refractivity contribution in [1.29, 1.82) is 0 Å². The van der Waals surface area contributed by atoms with Crippen molar-refractivity contribution in [2.75, 3.05) is 7.05 Å². The van der Waals surface area contributed by atoms with E-state index in [1.807, 2.05) is 38.1 Å². The van der Waals surface area contributed by atoms with Crippen molar-refractivity contribution in [3.8, 4) is 16.3 Å². The Hall–Kier alpha value is -2.73. The van der Waals surface area contributed by atoms with Gasteiger partial charge in [0, 0.05) is 24.5 Å². The Balaban J connectivity index is 1.68. The molecule has 0 bridgehead atoms. The molecule has 0 aliphatic heterocycles. The quantitative estimate of drug-likeness (QED) is 0.600. The van der Waals surface area contributed by atoms with Crippen LogP contribution in [0.4, 0.5) is 4.39 Å². The molecular formula is C21H21FN2O2S. The van der Waals surface area contributed by atoms with Gasteiger partial charge in [-0.2, -0.15) is 0 Å². The first-order chi connectivity index (χ1) is 12.9. The molecule has 0 atom stereocenters. The number of hydrogen-bond donors (Lipinski definition) is 0. The van der Waals surface area contributed by atoms with Gasteiger partial charge in [0.2, 0.25) is 0 Å². The van der Waals surface area contributed by atoms with Crippen LogP contribution in [-0.4, -0.2) is 28.9 Å². The van der Waals surface area contributed by atoms with Crippen molar-refractivity contribution in [2.45, 2.75) is 26.5 Å². The Kier molecular flexibility index (Phi) is 5.86. The fraction of sp³-hybridized carbons (Fsp3) is 0.238. The fourth-order valence-corrected chi connectivity index (χ4v) is 3.38. The van der Waals surface area contributed by atoms with E-state index in [-0.39, 0.29) is 17.8 Å². The smallest absolute Gasteiger partial charge is 0.273 e. The highest BCUT2D eigenvalue weighted by Gasteiger charge is 2.16. The fourth-order valence-electron chi connectivity index (χ4n) is 2.58. The van der Waals surface area contributed by atoms with Gasteiger partial charge in [-0.15, -0.1) is 11.3 Å². The Morgan fingerprint density at radius 3 is 2.44 bits per heavy atom. The molecule has 0 aliphatic carbocycles. The van der Waals surface area contributed by atoms with E-state index in [2.05, 4.69) is 4.98 Å². The van der Waals surface area contributed by atoms with Gasteiger partial charge in [-0.3, -0.25) is 4.79 Å². The van der Waals surface area contributed by atoms with Gasteiger partial charge in [-0.05, 0) is 55.8 Å². The lowest BCUT2D eigenvalue weighted by atomic mass is 10.2. The minimum atomic E-state index is -0.290. The highest BCUT2D eigenvalue weighted by atomic mass is 32.1. The highest BCUT2D eigenvalue weighted by Crippen LogP contribution is 2.26. The predicted octanol–water partition coefficient (Wildman–Crippen LogP) is 5.01. The summed E-state index contributed by atoms with van der Waals surface area (Å²) in [4.78, 5) is 18.7. The van der Waals surface area contributed by atoms with Gasteiger partial charge in [0.05, 0.1) is 6.10 Å². The van der Waals surface area contributed by atoms with E-state index in [4.69, 9.17) is 4.74 Å². The maximum absolute atomic E-state index is 13.0. The zero-order chi connectivity index (χ0) is 19.4. The van der Waals surface area contributed by atoms with Crippen LogP contribution in [0.2, 0.25) is 0 Å². The second kappa shape index (κ2) is 8.31. The van der Waals surface area contributed by atoms with Crippen molar-refractivity contribution < 1.29 is 13.9 Å². The van der Waals surface area contributed by atoms with E-state index >= 15 is 0 Å². The molecule has 0 saturated heterocycles. The summed E-state index contributed by atoms with van der Waals surface area (Å²) in [6.07, 6.45) is 0.122. The van der Waals surface area contributed by atoms with Crippen LogP contribution < -0.4 is 4.74 Å². The number of rotatable bonds is 6. The van der Waals surface area contributed by atoms with E-state index in [1.54, 1.807) is 29.5 Å². The topological polar surface area (TPSA) is 42.4 Å². The van der Waals surface area contributed by atoms with Gasteiger partial charge in [0.15, 0.2) is 0 Å². The molecule has 6 heteroatoms. The number of halogens is 1. The summed E-state index contributed by atoms with van der Waals surface area (Å²) >= 11 is 1.43. The molecule has 3 aromatic rings. The van der Waals surface area contributed by atoms with E-state index in [9.17, 15) is 9.18 Å². The monoisotopic (exact) mass is 384 g/mol. The minimum Gasteiger partial charge on any atom is -0.491 e. The summed E-state index contributed by atoms with van der Waals surface area (Å²) < 4.78 is 18.6. The number of carbonyl (C=O) groups is 1. The zero-order valence-corrected chi connectivity index (χ0v) is 16.3. The Morgan fingerprint density at radius 1 is 1.15 bits per heavy atom. The lowest BCUT2D eigenvalue weighted by Gasteiger charge is -2.15. The third kappa shape index (κ3) is 4.92. The Bertz CT molecular complexity index is 905. The van der Waals surface area contributed by atoms with Crippen LogP contribution in [0.15, 0.2) is 53.9 Å². The van der Waals surface area contributed by atoms with Gasteiger partial charge in [0.1, 0.15) is 22.3 Å². The molecule has 1 aromatic heterocycles. The number of aromatic nitrogens is 1. The third-order valence-corrected chi connectivity index (χ3v) is 4.77. The second-order valence-electron chi connectivity index (χ2n) is 6.52. The molecule has 3 rings (SSSR count). The van der Waals surface area contributed by atoms with Crippen LogP contribution >= 0.6 is 11.3 Å². The summed E-state index contributed by atoms with van der Waals surface area (Å²) in [6.45, 7) is 4.36. The van der Waals surface area contributed by atoms with Crippen molar-refractivity contribution in [2.24, 2.45) is 0 Å². The molecule has 140 valence electrons. The van der Waals surface area contributed by atoms with Crippen LogP contribution in [0.3, 0.4) is 0 Å². The first-order valence-electron chi connectivity index (χ1n) is 8.65. The van der Waals surface area contributed by atoms with Gasteiger partial charge in [-0.1, -0.05) is 12.1 Å². The lowest BCUT2D eigenvalue weighted by molar-refractivity contribution is 0.0780. The van der Waals surface area contributed by atoms with Gasteiger partial charge in [-0.25, -0.2) is 9.37 Å². The van der Waals surface area contributed by atoms with Gasteiger partial charge in [0.25, 0.3) is 5.91 Å². The largest absolute Gasteiger partial charge is 0.491 e. The van der Waals surface area contributed by atoms with Crippen LogP contribution in [0.1, 0.15) is 29.9 Å². The molecule has 0 spiro atoms. The molecule has 4 nitrogen and oxygen atoms in total. The Morgan fingerprint density at radius 2 is 1.81 bits per heavy atom. The Labute approximate surface area is 162 Å². The van der Waals surface area contributed by atoms with Crippen LogP contribution in [-0.2, 0) is 6.54 Å². The number of ether oxygens (including phenoxy) is 1. The molecule has 0 unspecified atom stereocenters. The molecule has 27 heavy (non-hydrogen) atoms. The molecular weight excluding hydrogens is 363 g/mol. The average Bonchev–Trinajstić information content (AvgIpc) is 3.13. The first kappa shape index (κ1) is 19.0. The summed E-state index contributed by atoms with van der Waals surface area (Å²) in [5, 5.41) is 2.54. The summed E-state index contributed by atoms with van der Waals surface area (Å²) in [7, 11) is 1.71. The normalized spacial score (nSPS) is 10.9. The van der Waals surface area contributed by atoms with Crippen LogP contribution in [0.25, 0.3) is 10.6 Å². The maximum atomic E-state index is 13.0. The standard InChI is InChI=1S/C21H21FN2O2S/c1-14(2)26-18-10-6-16(7-11-18)20-23-19(13-27-20)21(25)24(3)12-15-4-8-17(22)9-5-15/h4-11,13-14H,12H2,1-3H3. The van der Waals surface area contributed by atoms with Crippen LogP contribution in [0.5, 0.6) is 5.75 Å². The third-order valence-electron chi connectivity index (χ3n) is 3.88. The van der Waals surface area contributed by atoms with Crippen molar-refractivity contribution in [3.63, 3.8) is 0 Å². The van der Waals surface area contributed by atoms with E-state index < -0.39 is 0 Å². The summed E-state index contributed by atoms with van der Waals surface area (Å²) in [5.41, 5.74) is 2.21. The molecule has 0 fully saturated rings. The van der Waals surface area contributed by atoms with Crippen molar-refractivity contribution in [1.82, 2.24) is 9.88 Å². The molecule has 1 heterocycles. The lowest BCUT2D eigenvalue weighted by Crippen LogP contribution is -2.26. The SMILES string of the molecule is CC(C)Oc1ccc(-c2nc(C(=O)N(C)Cc3ccc(F)cc3)cs2)cc1. The van der Waals surface area contributed by atoms with Crippen molar-refractivity contribution >= 4 is 17.2 Å². The molecule has 1 amide bonds. The second-order valence-corrected chi connectivity index (χ2v) is 7.37. The molecule has 0 saturated carbocycles. The number of hydrogen-bond acceptors (Lipinski definition) is 4. The molecule has 2 aromatic carbocycles.